The number of aliphatic carboxylic acids is 1. The van der Waals surface area contributed by atoms with Gasteiger partial charge in [0.25, 0.3) is 0 Å². The normalized spacial score (nSPS) is 32.7. The molecule has 2 aliphatic heterocycles. The zero-order chi connectivity index (χ0) is 13.3. The van der Waals surface area contributed by atoms with Crippen LogP contribution in [0.15, 0.2) is 0 Å². The number of likely N-dealkylation sites (tertiary alicyclic amines) is 1. The van der Waals surface area contributed by atoms with E-state index in [-0.39, 0.29) is 18.6 Å². The molecule has 1 N–H and O–H groups in total. The number of hydrogen-bond acceptors (Lipinski definition) is 3. The van der Waals surface area contributed by atoms with Crippen LogP contribution in [0.3, 0.4) is 0 Å². The van der Waals surface area contributed by atoms with E-state index in [0.29, 0.717) is 19.1 Å². The lowest BCUT2D eigenvalue weighted by molar-refractivity contribution is -0.154. The molecule has 6 heteroatoms. The molecule has 2 aliphatic rings. The molecule has 2 heterocycles. The molecule has 18 heavy (non-hydrogen) atoms. The van der Waals surface area contributed by atoms with Gasteiger partial charge in [0.05, 0.1) is 13.2 Å². The molecule has 3 unspecified atom stereocenters. The Morgan fingerprint density at radius 3 is 2.56 bits per heavy atom. The molecular formula is C12H20N2O4. The maximum absolute atomic E-state index is 12.3. The highest BCUT2D eigenvalue weighted by atomic mass is 16.5. The molecule has 0 radical (unpaired) electrons. The molecule has 102 valence electrons. The minimum atomic E-state index is -1.00. The molecule has 2 rings (SSSR count). The van der Waals surface area contributed by atoms with Crippen molar-refractivity contribution in [2.75, 3.05) is 26.2 Å². The van der Waals surface area contributed by atoms with Crippen LogP contribution in [0.4, 0.5) is 4.79 Å². The third-order valence-electron chi connectivity index (χ3n) is 3.64. The van der Waals surface area contributed by atoms with Gasteiger partial charge in [-0.3, -0.25) is 0 Å². The summed E-state index contributed by atoms with van der Waals surface area (Å²) in [6.45, 7) is 5.83. The Labute approximate surface area is 106 Å². The lowest BCUT2D eigenvalue weighted by Gasteiger charge is -2.35. The topological polar surface area (TPSA) is 70.1 Å². The van der Waals surface area contributed by atoms with Gasteiger partial charge in [0.1, 0.15) is 0 Å². The fourth-order valence-electron chi connectivity index (χ4n) is 2.72. The largest absolute Gasteiger partial charge is 0.479 e. The number of morpholine rings is 1. The van der Waals surface area contributed by atoms with E-state index >= 15 is 0 Å². The highest BCUT2D eigenvalue weighted by Crippen LogP contribution is 2.24. The number of ether oxygens (including phenoxy) is 1. The summed E-state index contributed by atoms with van der Waals surface area (Å²) in [5.74, 6) is -0.490. The second-order valence-electron chi connectivity index (χ2n) is 5.27. The summed E-state index contributed by atoms with van der Waals surface area (Å²) in [5.41, 5.74) is 0. The quantitative estimate of drug-likeness (QED) is 0.746. The molecule has 2 fully saturated rings. The van der Waals surface area contributed by atoms with Crippen LogP contribution in [0, 0.1) is 5.92 Å². The predicted molar refractivity (Wildman–Crippen MR) is 64.3 cm³/mol. The lowest BCUT2D eigenvalue weighted by atomic mass is 10.1. The Balaban J connectivity index is 1.98. The van der Waals surface area contributed by atoms with Gasteiger partial charge < -0.3 is 19.6 Å². The van der Waals surface area contributed by atoms with Crippen molar-refractivity contribution in [1.82, 2.24) is 9.80 Å². The van der Waals surface area contributed by atoms with Gasteiger partial charge in [-0.1, -0.05) is 6.92 Å². The zero-order valence-electron chi connectivity index (χ0n) is 10.8. The molecule has 3 atom stereocenters. The average Bonchev–Trinajstić information content (AvgIpc) is 2.67. The van der Waals surface area contributed by atoms with E-state index in [0.717, 1.165) is 13.0 Å². The monoisotopic (exact) mass is 256 g/mol. The third-order valence-corrected chi connectivity index (χ3v) is 3.64. The van der Waals surface area contributed by atoms with Crippen molar-refractivity contribution in [1.29, 1.82) is 0 Å². The molecule has 0 spiro atoms. The molecular weight excluding hydrogens is 236 g/mol. The first-order valence-corrected chi connectivity index (χ1v) is 6.39. The van der Waals surface area contributed by atoms with E-state index < -0.39 is 12.1 Å². The molecule has 0 aromatic carbocycles. The van der Waals surface area contributed by atoms with Crippen molar-refractivity contribution in [2.45, 2.75) is 32.4 Å². The SMILES string of the molecule is CC1CC(C)N(C(=O)N2CCOC(C(=O)O)C2)C1. The number of nitrogens with zero attached hydrogens (tertiary/aromatic N) is 2. The molecule has 0 aromatic heterocycles. The van der Waals surface area contributed by atoms with Crippen LogP contribution in [-0.4, -0.2) is 65.3 Å². The van der Waals surface area contributed by atoms with Crippen LogP contribution < -0.4 is 0 Å². The van der Waals surface area contributed by atoms with Crippen LogP contribution >= 0.6 is 0 Å². The molecule has 0 bridgehead atoms. The molecule has 0 aliphatic carbocycles. The van der Waals surface area contributed by atoms with E-state index in [1.807, 2.05) is 11.8 Å². The minimum absolute atomic E-state index is 0.0543. The molecule has 2 amide bonds. The third kappa shape index (κ3) is 2.58. The van der Waals surface area contributed by atoms with Crippen molar-refractivity contribution >= 4 is 12.0 Å². The molecule has 2 saturated heterocycles. The van der Waals surface area contributed by atoms with Crippen molar-refractivity contribution in [3.05, 3.63) is 0 Å². The average molecular weight is 256 g/mol. The van der Waals surface area contributed by atoms with Gasteiger partial charge in [0, 0.05) is 19.1 Å². The van der Waals surface area contributed by atoms with Crippen molar-refractivity contribution in [3.8, 4) is 0 Å². The second kappa shape index (κ2) is 5.14. The van der Waals surface area contributed by atoms with Crippen LogP contribution in [0.5, 0.6) is 0 Å². The smallest absolute Gasteiger partial charge is 0.334 e. The van der Waals surface area contributed by atoms with Crippen LogP contribution in [0.25, 0.3) is 0 Å². The second-order valence-corrected chi connectivity index (χ2v) is 5.27. The van der Waals surface area contributed by atoms with E-state index in [1.165, 1.54) is 0 Å². The summed E-state index contributed by atoms with van der Waals surface area (Å²) >= 11 is 0. The van der Waals surface area contributed by atoms with Crippen molar-refractivity contribution in [3.63, 3.8) is 0 Å². The Morgan fingerprint density at radius 2 is 2.00 bits per heavy atom. The standard InChI is InChI=1S/C12H20N2O4/c1-8-5-9(2)14(6-8)12(17)13-3-4-18-10(7-13)11(15)16/h8-10H,3-7H2,1-2H3,(H,15,16). The number of urea groups is 1. The summed E-state index contributed by atoms with van der Waals surface area (Å²) in [6, 6.07) is 0.181. The maximum atomic E-state index is 12.3. The van der Waals surface area contributed by atoms with Gasteiger partial charge >= 0.3 is 12.0 Å². The first-order valence-electron chi connectivity index (χ1n) is 6.39. The number of rotatable bonds is 1. The molecule has 0 saturated carbocycles. The first-order chi connectivity index (χ1) is 8.49. The van der Waals surface area contributed by atoms with Gasteiger partial charge in [-0.2, -0.15) is 0 Å². The van der Waals surface area contributed by atoms with E-state index in [1.54, 1.807) is 4.90 Å². The van der Waals surface area contributed by atoms with Crippen molar-refractivity contribution < 1.29 is 19.4 Å². The fraction of sp³-hybridized carbons (Fsp3) is 0.833. The van der Waals surface area contributed by atoms with Gasteiger partial charge in [0.15, 0.2) is 6.10 Å². The molecule has 0 aromatic rings. The highest BCUT2D eigenvalue weighted by molar-refractivity contribution is 5.78. The lowest BCUT2D eigenvalue weighted by Crippen LogP contribution is -2.53. The van der Waals surface area contributed by atoms with Gasteiger partial charge in [-0.05, 0) is 19.3 Å². The predicted octanol–water partition coefficient (Wildman–Crippen LogP) is 0.622. The Bertz CT molecular complexity index is 347. The summed E-state index contributed by atoms with van der Waals surface area (Å²) in [6.07, 6.45) is 0.122. The number of hydrogen-bond donors (Lipinski definition) is 1. The fourth-order valence-corrected chi connectivity index (χ4v) is 2.72. The molecule has 6 nitrogen and oxygen atoms in total. The van der Waals surface area contributed by atoms with E-state index in [4.69, 9.17) is 9.84 Å². The van der Waals surface area contributed by atoms with E-state index in [9.17, 15) is 9.59 Å². The maximum Gasteiger partial charge on any atom is 0.334 e. The Morgan fingerprint density at radius 1 is 1.28 bits per heavy atom. The van der Waals surface area contributed by atoms with Gasteiger partial charge in [0.2, 0.25) is 0 Å². The highest BCUT2D eigenvalue weighted by Gasteiger charge is 2.36. The first kappa shape index (κ1) is 13.1. The van der Waals surface area contributed by atoms with Crippen molar-refractivity contribution in [2.24, 2.45) is 5.92 Å². The zero-order valence-corrected chi connectivity index (χ0v) is 10.8. The van der Waals surface area contributed by atoms with Crippen LogP contribution in [0.1, 0.15) is 20.3 Å². The number of carbonyl (C=O) groups is 2. The number of carboxylic acids is 1. The van der Waals surface area contributed by atoms with Crippen LogP contribution in [-0.2, 0) is 9.53 Å². The van der Waals surface area contributed by atoms with Gasteiger partial charge in [-0.25, -0.2) is 9.59 Å². The number of carboxylic acid groups (broad SMARTS) is 1. The Hall–Kier alpha value is -1.30. The van der Waals surface area contributed by atoms with Gasteiger partial charge in [-0.15, -0.1) is 0 Å². The number of amides is 2. The minimum Gasteiger partial charge on any atom is -0.479 e. The summed E-state index contributed by atoms with van der Waals surface area (Å²) in [4.78, 5) is 26.6. The number of carbonyl (C=O) groups excluding carboxylic acids is 1. The summed E-state index contributed by atoms with van der Waals surface area (Å²) < 4.78 is 5.12. The van der Waals surface area contributed by atoms with Crippen LogP contribution in [0.2, 0.25) is 0 Å². The summed E-state index contributed by atoms with van der Waals surface area (Å²) in [7, 11) is 0. The van der Waals surface area contributed by atoms with E-state index in [2.05, 4.69) is 6.92 Å². The Kier molecular flexibility index (Phi) is 3.75. The summed E-state index contributed by atoms with van der Waals surface area (Å²) in [5, 5.41) is 8.92.